The molecule has 13 heteroatoms. The van der Waals surface area contributed by atoms with Crippen LogP contribution >= 0.6 is 0 Å². The number of halogens is 6. The number of unbranched alkanes of at least 4 members (excludes halogenated alkanes) is 1. The van der Waals surface area contributed by atoms with Crippen LogP contribution in [0.1, 0.15) is 31.7 Å². The largest absolute Gasteiger partial charge is 0.471 e. The average molecular weight is 457 g/mol. The van der Waals surface area contributed by atoms with Crippen molar-refractivity contribution in [2.75, 3.05) is 11.9 Å². The summed E-state index contributed by atoms with van der Waals surface area (Å²) in [5.74, 6) is -4.10. The Labute approximate surface area is 173 Å². The second kappa shape index (κ2) is 11.0. The van der Waals surface area contributed by atoms with E-state index in [9.17, 15) is 40.7 Å². The molecule has 0 spiro atoms. The summed E-state index contributed by atoms with van der Waals surface area (Å²) in [4.78, 5) is 35.7. The number of benzene rings is 1. The van der Waals surface area contributed by atoms with Crippen LogP contribution < -0.4 is 21.7 Å². The third kappa shape index (κ3) is 8.82. The molecule has 31 heavy (non-hydrogen) atoms. The number of anilines is 1. The Morgan fingerprint density at radius 1 is 0.935 bits per heavy atom. The maximum absolute atomic E-state index is 12.6. The molecule has 1 aromatic carbocycles. The molecular formula is C18H23F6N4O3+. The van der Waals surface area contributed by atoms with Crippen LogP contribution in [0, 0.1) is 0 Å². The van der Waals surface area contributed by atoms with E-state index in [4.69, 9.17) is 0 Å². The molecule has 0 saturated heterocycles. The highest BCUT2D eigenvalue weighted by atomic mass is 19.4. The number of amides is 3. The van der Waals surface area contributed by atoms with Gasteiger partial charge in [0.15, 0.2) is 0 Å². The van der Waals surface area contributed by atoms with E-state index in [2.05, 4.69) is 16.4 Å². The summed E-state index contributed by atoms with van der Waals surface area (Å²) in [6.07, 6.45) is -9.01. The van der Waals surface area contributed by atoms with Crippen LogP contribution in [0.3, 0.4) is 0 Å². The Kier molecular flexibility index (Phi) is 9.28. The molecule has 0 fully saturated rings. The molecule has 2 atom stereocenters. The van der Waals surface area contributed by atoms with Gasteiger partial charge in [-0.25, -0.2) is 0 Å². The van der Waals surface area contributed by atoms with Gasteiger partial charge in [-0.1, -0.05) is 0 Å². The third-order valence-electron chi connectivity index (χ3n) is 4.10. The van der Waals surface area contributed by atoms with E-state index in [-0.39, 0.29) is 12.1 Å². The van der Waals surface area contributed by atoms with Crippen molar-refractivity contribution in [3.8, 4) is 0 Å². The molecule has 0 unspecified atom stereocenters. The molecule has 0 radical (unpaired) electrons. The Morgan fingerprint density at radius 3 is 2.00 bits per heavy atom. The van der Waals surface area contributed by atoms with Gasteiger partial charge >= 0.3 is 18.3 Å². The summed E-state index contributed by atoms with van der Waals surface area (Å²) in [5, 5.41) is 6.07. The zero-order valence-electron chi connectivity index (χ0n) is 16.5. The first-order valence-corrected chi connectivity index (χ1v) is 9.21. The minimum Gasteiger partial charge on any atom is -0.358 e. The number of quaternary nitrogens is 1. The number of hydrogen-bond donors (Lipinski definition) is 4. The lowest BCUT2D eigenvalue weighted by atomic mass is 10.1. The molecule has 0 aromatic heterocycles. The van der Waals surface area contributed by atoms with E-state index >= 15 is 0 Å². The Morgan fingerprint density at radius 2 is 1.52 bits per heavy atom. The lowest BCUT2D eigenvalue weighted by Crippen LogP contribution is -2.54. The van der Waals surface area contributed by atoms with Gasteiger partial charge in [-0.05, 0) is 50.5 Å². The van der Waals surface area contributed by atoms with Crippen LogP contribution in [0.15, 0.2) is 24.3 Å². The van der Waals surface area contributed by atoms with Gasteiger partial charge in [0.05, 0.1) is 12.1 Å². The molecule has 0 heterocycles. The van der Waals surface area contributed by atoms with E-state index in [1.54, 1.807) is 5.32 Å². The van der Waals surface area contributed by atoms with Crippen molar-refractivity contribution in [2.45, 2.75) is 50.6 Å². The van der Waals surface area contributed by atoms with Crippen molar-refractivity contribution in [3.63, 3.8) is 0 Å². The van der Waals surface area contributed by atoms with Gasteiger partial charge < -0.3 is 21.7 Å². The molecule has 1 aromatic rings. The highest BCUT2D eigenvalue weighted by molar-refractivity contribution is 5.98. The van der Waals surface area contributed by atoms with Crippen LogP contribution in [0.5, 0.6) is 0 Å². The average Bonchev–Trinajstić information content (AvgIpc) is 2.66. The van der Waals surface area contributed by atoms with Gasteiger partial charge in [0.25, 0.3) is 0 Å². The second-order valence-corrected chi connectivity index (χ2v) is 6.67. The summed E-state index contributed by atoms with van der Waals surface area (Å²) >= 11 is 0. The molecule has 0 saturated carbocycles. The highest BCUT2D eigenvalue weighted by Crippen LogP contribution is 2.29. The first-order valence-electron chi connectivity index (χ1n) is 9.21. The molecule has 0 aliphatic rings. The second-order valence-electron chi connectivity index (χ2n) is 6.67. The normalized spacial score (nSPS) is 13.8. The topological polar surface area (TPSA) is 115 Å². The molecular weight excluding hydrogens is 434 g/mol. The number of rotatable bonds is 9. The summed E-state index contributed by atoms with van der Waals surface area (Å²) in [7, 11) is 0. The molecule has 1 rings (SSSR count). The Balaban J connectivity index is 2.75. The zero-order valence-corrected chi connectivity index (χ0v) is 16.5. The summed E-state index contributed by atoms with van der Waals surface area (Å²) in [6, 6.07) is 0.768. The number of nitrogens with one attached hydrogen (secondary N) is 3. The van der Waals surface area contributed by atoms with E-state index in [0.29, 0.717) is 19.4 Å². The van der Waals surface area contributed by atoms with Crippen LogP contribution in [-0.2, 0) is 20.6 Å². The molecule has 6 N–H and O–H groups in total. The smallest absolute Gasteiger partial charge is 0.358 e. The minimum absolute atomic E-state index is 0.0245. The number of carbonyl (C=O) groups is 3. The summed E-state index contributed by atoms with van der Waals surface area (Å²) < 4.78 is 75.2. The SMILES string of the molecule is C[C@H](NC(=O)[C@H](CCCC[NH3+])NC(=O)C(F)(F)F)C(=O)Nc1ccc(C(F)(F)F)cc1. The van der Waals surface area contributed by atoms with Crippen LogP contribution in [-0.4, -0.2) is 42.5 Å². The van der Waals surface area contributed by atoms with Crippen molar-refractivity contribution in [2.24, 2.45) is 0 Å². The van der Waals surface area contributed by atoms with Crippen LogP contribution in [0.2, 0.25) is 0 Å². The predicted octanol–water partition coefficient (Wildman–Crippen LogP) is 1.61. The van der Waals surface area contributed by atoms with E-state index in [1.165, 1.54) is 6.92 Å². The van der Waals surface area contributed by atoms with Crippen molar-refractivity contribution >= 4 is 23.4 Å². The van der Waals surface area contributed by atoms with Crippen molar-refractivity contribution in [1.82, 2.24) is 10.6 Å². The molecule has 0 aliphatic heterocycles. The fourth-order valence-electron chi connectivity index (χ4n) is 2.41. The van der Waals surface area contributed by atoms with Gasteiger partial charge in [0.2, 0.25) is 11.8 Å². The molecule has 3 amide bonds. The lowest BCUT2D eigenvalue weighted by Gasteiger charge is -2.21. The Hall–Kier alpha value is -2.83. The van der Waals surface area contributed by atoms with E-state index in [1.807, 2.05) is 0 Å². The maximum atomic E-state index is 12.6. The predicted molar refractivity (Wildman–Crippen MR) is 97.3 cm³/mol. The molecule has 0 bridgehead atoms. The number of hydrogen-bond acceptors (Lipinski definition) is 3. The van der Waals surface area contributed by atoms with Crippen molar-refractivity contribution in [1.29, 1.82) is 0 Å². The van der Waals surface area contributed by atoms with Gasteiger partial charge in [0, 0.05) is 5.69 Å². The molecule has 0 aliphatic carbocycles. The van der Waals surface area contributed by atoms with Crippen LogP contribution in [0.25, 0.3) is 0 Å². The summed E-state index contributed by atoms with van der Waals surface area (Å²) in [6.45, 7) is 1.71. The molecule has 7 nitrogen and oxygen atoms in total. The van der Waals surface area contributed by atoms with E-state index in [0.717, 1.165) is 24.3 Å². The monoisotopic (exact) mass is 457 g/mol. The quantitative estimate of drug-likeness (QED) is 0.334. The van der Waals surface area contributed by atoms with E-state index < -0.39 is 47.7 Å². The zero-order chi connectivity index (χ0) is 23.8. The number of carbonyl (C=O) groups excluding carboxylic acids is 3. The first-order chi connectivity index (χ1) is 14.3. The highest BCUT2D eigenvalue weighted by Gasteiger charge is 2.41. The minimum atomic E-state index is -5.18. The third-order valence-corrected chi connectivity index (χ3v) is 4.10. The Bertz CT molecular complexity index is 765. The van der Waals surface area contributed by atoms with Crippen LogP contribution in [0.4, 0.5) is 32.0 Å². The maximum Gasteiger partial charge on any atom is 0.471 e. The van der Waals surface area contributed by atoms with Gasteiger partial charge in [-0.3, -0.25) is 14.4 Å². The van der Waals surface area contributed by atoms with Crippen molar-refractivity contribution in [3.05, 3.63) is 29.8 Å². The standard InChI is InChI=1S/C18H22F6N4O3/c1-10(14(29)27-12-7-5-11(6-8-12)17(19,20)21)26-15(30)13(4-2-3-9-25)28-16(31)18(22,23)24/h5-8,10,13H,2-4,9,25H2,1H3,(H,26,30)(H,27,29)(H,28,31)/p+1/t10-,13-/m0/s1. The molecule has 174 valence electrons. The van der Waals surface area contributed by atoms with Gasteiger partial charge in [0.1, 0.15) is 12.1 Å². The van der Waals surface area contributed by atoms with Gasteiger partial charge in [-0.2, -0.15) is 26.3 Å². The van der Waals surface area contributed by atoms with Gasteiger partial charge in [-0.15, -0.1) is 0 Å². The number of alkyl halides is 6. The lowest BCUT2D eigenvalue weighted by molar-refractivity contribution is -0.368. The fourth-order valence-corrected chi connectivity index (χ4v) is 2.41. The first kappa shape index (κ1) is 26.2. The fraction of sp³-hybridized carbons (Fsp3) is 0.500. The summed E-state index contributed by atoms with van der Waals surface area (Å²) in [5.41, 5.74) is 2.68. The van der Waals surface area contributed by atoms with Crippen molar-refractivity contribution < 1.29 is 46.5 Å².